The molecule has 3 aromatic rings. The summed E-state index contributed by atoms with van der Waals surface area (Å²) < 4.78 is 13.0. The summed E-state index contributed by atoms with van der Waals surface area (Å²) in [6, 6.07) is 8.60. The summed E-state index contributed by atoms with van der Waals surface area (Å²) in [5, 5.41) is 0. The molecule has 0 radical (unpaired) electrons. The minimum atomic E-state index is -0.977. The molecule has 0 fully saturated rings. The predicted molar refractivity (Wildman–Crippen MR) is 65.9 cm³/mol. The number of nitrogens with two attached hydrogens (primary N) is 1. The van der Waals surface area contributed by atoms with Crippen LogP contribution >= 0.6 is 0 Å². The molecule has 0 aliphatic rings. The Bertz CT molecular complexity index is 768. The lowest BCUT2D eigenvalue weighted by Crippen LogP contribution is -2.03. The van der Waals surface area contributed by atoms with Crippen molar-refractivity contribution in [1.29, 1.82) is 0 Å². The fourth-order valence-electron chi connectivity index (χ4n) is 1.73. The maximum Gasteiger partial charge on any atom is 0.312 e. The van der Waals surface area contributed by atoms with Crippen molar-refractivity contribution < 1.29 is 9.18 Å². The van der Waals surface area contributed by atoms with Gasteiger partial charge in [-0.15, -0.1) is 0 Å². The summed E-state index contributed by atoms with van der Waals surface area (Å²) in [5.41, 5.74) is 6.28. The SMILES string of the molecule is Nc1nc(F)nc2nc(C(=O)c3ccccc3)[nH]c12. The zero-order chi connectivity index (χ0) is 13.4. The molecule has 0 saturated heterocycles. The molecule has 2 aromatic heterocycles. The highest BCUT2D eigenvalue weighted by Gasteiger charge is 2.16. The lowest BCUT2D eigenvalue weighted by atomic mass is 10.1. The number of benzene rings is 1. The van der Waals surface area contributed by atoms with Crippen LogP contribution in [0.1, 0.15) is 16.2 Å². The van der Waals surface area contributed by atoms with E-state index in [0.29, 0.717) is 5.56 Å². The number of carbonyl (C=O) groups excluding carboxylic acids is 1. The van der Waals surface area contributed by atoms with Crippen LogP contribution in [-0.4, -0.2) is 25.7 Å². The Morgan fingerprint density at radius 2 is 1.89 bits per heavy atom. The number of halogens is 1. The molecular formula is C12H8FN5O. The third-order valence-corrected chi connectivity index (χ3v) is 2.60. The number of anilines is 1. The third-order valence-electron chi connectivity index (χ3n) is 2.60. The van der Waals surface area contributed by atoms with Crippen molar-refractivity contribution in [2.75, 3.05) is 5.73 Å². The van der Waals surface area contributed by atoms with Gasteiger partial charge in [-0.25, -0.2) is 4.98 Å². The second-order valence-corrected chi connectivity index (χ2v) is 3.86. The first-order valence-corrected chi connectivity index (χ1v) is 5.43. The molecule has 0 aliphatic heterocycles. The van der Waals surface area contributed by atoms with Crippen LogP contribution in [0.15, 0.2) is 30.3 Å². The van der Waals surface area contributed by atoms with Crippen molar-refractivity contribution in [3.63, 3.8) is 0 Å². The van der Waals surface area contributed by atoms with Crippen molar-refractivity contribution >= 4 is 22.8 Å². The van der Waals surface area contributed by atoms with Crippen LogP contribution in [0.4, 0.5) is 10.2 Å². The van der Waals surface area contributed by atoms with Crippen molar-refractivity contribution in [2.45, 2.75) is 0 Å². The number of hydrogen-bond acceptors (Lipinski definition) is 5. The maximum absolute atomic E-state index is 13.0. The van der Waals surface area contributed by atoms with Gasteiger partial charge in [0.05, 0.1) is 0 Å². The number of imidazole rings is 1. The second kappa shape index (κ2) is 4.13. The van der Waals surface area contributed by atoms with E-state index in [9.17, 15) is 9.18 Å². The first-order valence-electron chi connectivity index (χ1n) is 5.43. The Hall–Kier alpha value is -2.83. The quantitative estimate of drug-likeness (QED) is 0.532. The van der Waals surface area contributed by atoms with Crippen molar-refractivity contribution in [3.8, 4) is 0 Å². The third kappa shape index (κ3) is 1.90. The number of H-pyrrole nitrogens is 1. The first kappa shape index (κ1) is 11.3. The number of nitrogens with one attached hydrogen (secondary N) is 1. The molecule has 94 valence electrons. The van der Waals surface area contributed by atoms with Gasteiger partial charge in [-0.05, 0) is 0 Å². The molecule has 6 nitrogen and oxygen atoms in total. The second-order valence-electron chi connectivity index (χ2n) is 3.86. The molecule has 19 heavy (non-hydrogen) atoms. The average molecular weight is 257 g/mol. The smallest absolute Gasteiger partial charge is 0.312 e. The molecule has 0 atom stereocenters. The van der Waals surface area contributed by atoms with Crippen molar-refractivity contribution in [3.05, 3.63) is 47.8 Å². The summed E-state index contributed by atoms with van der Waals surface area (Å²) in [7, 11) is 0. The van der Waals surface area contributed by atoms with Crippen LogP contribution in [0.3, 0.4) is 0 Å². The van der Waals surface area contributed by atoms with Gasteiger partial charge in [0.1, 0.15) is 5.52 Å². The van der Waals surface area contributed by atoms with Gasteiger partial charge < -0.3 is 10.7 Å². The highest BCUT2D eigenvalue weighted by molar-refractivity contribution is 6.08. The summed E-state index contributed by atoms with van der Waals surface area (Å²) in [6.07, 6.45) is -0.977. The molecule has 3 rings (SSSR count). The molecule has 0 spiro atoms. The number of nitrogen functional groups attached to an aromatic ring is 1. The minimum Gasteiger partial charge on any atom is -0.382 e. The van der Waals surface area contributed by atoms with Gasteiger partial charge >= 0.3 is 6.08 Å². The number of nitrogens with zero attached hydrogens (tertiary/aromatic N) is 3. The minimum absolute atomic E-state index is 0.0317. The summed E-state index contributed by atoms with van der Waals surface area (Å²) in [5.74, 6) is -0.353. The highest BCUT2D eigenvalue weighted by atomic mass is 19.1. The van der Waals surface area contributed by atoms with Gasteiger partial charge in [-0.2, -0.15) is 14.4 Å². The van der Waals surface area contributed by atoms with Gasteiger partial charge in [0.25, 0.3) is 0 Å². The topological polar surface area (TPSA) is 97.5 Å². The molecular weight excluding hydrogens is 249 g/mol. The number of carbonyl (C=O) groups is 1. The summed E-state index contributed by atoms with van der Waals surface area (Å²) in [6.45, 7) is 0. The van der Waals surface area contributed by atoms with E-state index in [-0.39, 0.29) is 28.6 Å². The monoisotopic (exact) mass is 257 g/mol. The molecule has 1 aromatic carbocycles. The van der Waals surface area contributed by atoms with E-state index in [4.69, 9.17) is 5.73 Å². The van der Waals surface area contributed by atoms with E-state index in [1.165, 1.54) is 0 Å². The molecule has 3 N–H and O–H groups in total. The number of ketones is 1. The number of rotatable bonds is 2. The maximum atomic E-state index is 13.0. The van der Waals surface area contributed by atoms with Crippen LogP contribution in [0.2, 0.25) is 0 Å². The Morgan fingerprint density at radius 3 is 2.63 bits per heavy atom. The zero-order valence-corrected chi connectivity index (χ0v) is 9.59. The number of aromatic amines is 1. The van der Waals surface area contributed by atoms with Crippen LogP contribution in [-0.2, 0) is 0 Å². The Balaban J connectivity index is 2.12. The van der Waals surface area contributed by atoms with Crippen LogP contribution < -0.4 is 5.73 Å². The van der Waals surface area contributed by atoms with E-state index in [1.54, 1.807) is 30.3 Å². The molecule has 0 bridgehead atoms. The fraction of sp³-hybridized carbons (Fsp3) is 0. The normalized spacial score (nSPS) is 10.8. The predicted octanol–water partition coefficient (Wildman–Crippen LogP) is 1.31. The van der Waals surface area contributed by atoms with E-state index in [2.05, 4.69) is 19.9 Å². The molecule has 7 heteroatoms. The highest BCUT2D eigenvalue weighted by Crippen LogP contribution is 2.16. The Labute approximate surface area is 106 Å². The molecule has 0 amide bonds. The van der Waals surface area contributed by atoms with Gasteiger partial charge in [0.15, 0.2) is 17.3 Å². The summed E-state index contributed by atoms with van der Waals surface area (Å²) >= 11 is 0. The van der Waals surface area contributed by atoms with Gasteiger partial charge in [-0.1, -0.05) is 30.3 Å². The van der Waals surface area contributed by atoms with Crippen LogP contribution in [0, 0.1) is 6.08 Å². The molecule has 0 saturated carbocycles. The van der Waals surface area contributed by atoms with Crippen LogP contribution in [0.25, 0.3) is 11.2 Å². The standard InChI is InChI=1S/C12H8FN5O/c13-12-16-9(14)7-10(18-12)17-11(15-7)8(19)6-4-2-1-3-5-6/h1-5H,(H3,14,15,16,17,18). The number of aromatic nitrogens is 4. The van der Waals surface area contributed by atoms with Crippen LogP contribution in [0.5, 0.6) is 0 Å². The summed E-state index contributed by atoms with van der Waals surface area (Å²) in [4.78, 5) is 25.6. The zero-order valence-electron chi connectivity index (χ0n) is 9.59. The van der Waals surface area contributed by atoms with E-state index in [1.807, 2.05) is 0 Å². The molecule has 0 unspecified atom stereocenters. The van der Waals surface area contributed by atoms with Gasteiger partial charge in [0.2, 0.25) is 5.78 Å². The largest absolute Gasteiger partial charge is 0.382 e. The average Bonchev–Trinajstić information content (AvgIpc) is 2.83. The number of fused-ring (bicyclic) bond motifs is 1. The van der Waals surface area contributed by atoms with Gasteiger partial charge in [0, 0.05) is 5.56 Å². The first-order chi connectivity index (χ1) is 9.15. The Morgan fingerprint density at radius 1 is 1.16 bits per heavy atom. The molecule has 0 aliphatic carbocycles. The number of hydrogen-bond donors (Lipinski definition) is 2. The van der Waals surface area contributed by atoms with E-state index < -0.39 is 6.08 Å². The van der Waals surface area contributed by atoms with E-state index >= 15 is 0 Å². The lowest BCUT2D eigenvalue weighted by molar-refractivity contribution is 0.103. The molecule has 2 heterocycles. The Kier molecular flexibility index (Phi) is 2.45. The van der Waals surface area contributed by atoms with Crippen molar-refractivity contribution in [2.24, 2.45) is 0 Å². The lowest BCUT2D eigenvalue weighted by Gasteiger charge is -1.95. The van der Waals surface area contributed by atoms with Crippen molar-refractivity contribution in [1.82, 2.24) is 19.9 Å². The van der Waals surface area contributed by atoms with E-state index in [0.717, 1.165) is 0 Å². The fourth-order valence-corrected chi connectivity index (χ4v) is 1.73. The van der Waals surface area contributed by atoms with Gasteiger partial charge in [-0.3, -0.25) is 4.79 Å².